The summed E-state index contributed by atoms with van der Waals surface area (Å²) in [6, 6.07) is 2.05. The fourth-order valence-electron chi connectivity index (χ4n) is 3.72. The highest BCUT2D eigenvalue weighted by Crippen LogP contribution is 2.32. The van der Waals surface area contributed by atoms with Crippen LogP contribution in [0.15, 0.2) is 24.3 Å². The van der Waals surface area contributed by atoms with Crippen LogP contribution in [0.1, 0.15) is 40.5 Å². The first-order valence-corrected chi connectivity index (χ1v) is 7.97. The second kappa shape index (κ2) is 6.71. The summed E-state index contributed by atoms with van der Waals surface area (Å²) in [7, 11) is 0. The SMILES string of the molecule is CCN[C@@H]1CCN(C(C)C)[C@H](C2C=CC=CC2C)C1. The normalized spacial score (nSPS) is 36.1. The lowest BCUT2D eigenvalue weighted by molar-refractivity contribution is 0.0578. The van der Waals surface area contributed by atoms with Crippen molar-refractivity contribution in [3.8, 4) is 0 Å². The van der Waals surface area contributed by atoms with Crippen molar-refractivity contribution in [1.82, 2.24) is 10.2 Å². The lowest BCUT2D eigenvalue weighted by atomic mass is 9.78. The highest BCUT2D eigenvalue weighted by Gasteiger charge is 2.35. The summed E-state index contributed by atoms with van der Waals surface area (Å²) in [6.45, 7) is 11.6. The van der Waals surface area contributed by atoms with Crippen molar-refractivity contribution in [2.24, 2.45) is 11.8 Å². The molecule has 2 heteroatoms. The van der Waals surface area contributed by atoms with Gasteiger partial charge in [-0.1, -0.05) is 38.2 Å². The van der Waals surface area contributed by atoms with Crippen molar-refractivity contribution < 1.29 is 0 Å². The van der Waals surface area contributed by atoms with Gasteiger partial charge in [-0.05, 0) is 45.1 Å². The standard InChI is InChI=1S/C17H30N2/c1-5-18-15-10-11-19(13(2)3)17(12-15)16-9-7-6-8-14(16)4/h6-9,13-18H,5,10-12H2,1-4H3/t14?,15-,16?,17+/m1/s1. The molecule has 2 rings (SSSR count). The quantitative estimate of drug-likeness (QED) is 0.837. The third-order valence-electron chi connectivity index (χ3n) is 4.75. The van der Waals surface area contributed by atoms with Crippen molar-refractivity contribution in [3.05, 3.63) is 24.3 Å². The lowest BCUT2D eigenvalue weighted by Crippen LogP contribution is -2.54. The van der Waals surface area contributed by atoms with Gasteiger partial charge in [0.2, 0.25) is 0 Å². The van der Waals surface area contributed by atoms with Crippen LogP contribution in [-0.4, -0.2) is 36.1 Å². The van der Waals surface area contributed by atoms with Gasteiger partial charge in [-0.25, -0.2) is 0 Å². The Balaban J connectivity index is 2.11. The van der Waals surface area contributed by atoms with Crippen LogP contribution in [0.25, 0.3) is 0 Å². The molecule has 0 amide bonds. The lowest BCUT2D eigenvalue weighted by Gasteiger charge is -2.46. The van der Waals surface area contributed by atoms with Crippen LogP contribution >= 0.6 is 0 Å². The van der Waals surface area contributed by atoms with Crippen LogP contribution in [-0.2, 0) is 0 Å². The van der Waals surface area contributed by atoms with E-state index in [2.05, 4.69) is 62.2 Å². The fraction of sp³-hybridized carbons (Fsp3) is 0.765. The van der Waals surface area contributed by atoms with E-state index >= 15 is 0 Å². The van der Waals surface area contributed by atoms with Crippen LogP contribution in [0.3, 0.4) is 0 Å². The Morgan fingerprint density at radius 1 is 1.26 bits per heavy atom. The molecule has 1 heterocycles. The minimum absolute atomic E-state index is 0.652. The molecule has 2 nitrogen and oxygen atoms in total. The van der Waals surface area contributed by atoms with E-state index in [1.54, 1.807) is 0 Å². The van der Waals surface area contributed by atoms with Gasteiger partial charge in [-0.2, -0.15) is 0 Å². The van der Waals surface area contributed by atoms with Crippen molar-refractivity contribution >= 4 is 0 Å². The average molecular weight is 262 g/mol. The molecule has 4 atom stereocenters. The molecule has 1 N–H and O–H groups in total. The van der Waals surface area contributed by atoms with Gasteiger partial charge >= 0.3 is 0 Å². The summed E-state index contributed by atoms with van der Waals surface area (Å²) in [6.07, 6.45) is 11.8. The Hall–Kier alpha value is -0.600. The van der Waals surface area contributed by atoms with Gasteiger partial charge in [0.05, 0.1) is 0 Å². The molecule has 0 saturated carbocycles. The van der Waals surface area contributed by atoms with Gasteiger partial charge in [0, 0.05) is 24.7 Å². The van der Waals surface area contributed by atoms with E-state index in [0.717, 1.165) is 6.54 Å². The number of likely N-dealkylation sites (tertiary alicyclic amines) is 1. The molecule has 108 valence electrons. The van der Waals surface area contributed by atoms with E-state index in [4.69, 9.17) is 0 Å². The molecule has 0 aromatic rings. The third kappa shape index (κ3) is 3.49. The number of piperidine rings is 1. The van der Waals surface area contributed by atoms with Crippen molar-refractivity contribution in [1.29, 1.82) is 0 Å². The Labute approximate surface area is 118 Å². The summed E-state index contributed by atoms with van der Waals surface area (Å²) in [4.78, 5) is 2.72. The Bertz CT molecular complexity index is 332. The van der Waals surface area contributed by atoms with Crippen LogP contribution in [0.2, 0.25) is 0 Å². The predicted octanol–water partition coefficient (Wildman–Crippen LogP) is 3.22. The van der Waals surface area contributed by atoms with Gasteiger partial charge < -0.3 is 5.32 Å². The number of allylic oxidation sites excluding steroid dienone is 3. The molecule has 0 spiro atoms. The molecule has 1 aliphatic carbocycles. The highest BCUT2D eigenvalue weighted by molar-refractivity contribution is 5.16. The number of rotatable bonds is 4. The second-order valence-electron chi connectivity index (χ2n) is 6.38. The molecule has 0 bridgehead atoms. The average Bonchev–Trinajstić information content (AvgIpc) is 2.39. The Morgan fingerprint density at radius 2 is 2.00 bits per heavy atom. The highest BCUT2D eigenvalue weighted by atomic mass is 15.2. The number of nitrogens with one attached hydrogen (secondary N) is 1. The molecule has 0 aromatic carbocycles. The maximum absolute atomic E-state index is 3.66. The second-order valence-corrected chi connectivity index (χ2v) is 6.38. The minimum Gasteiger partial charge on any atom is -0.314 e. The molecule has 19 heavy (non-hydrogen) atoms. The van der Waals surface area contributed by atoms with Gasteiger partial charge in [0.25, 0.3) is 0 Å². The molecule has 1 saturated heterocycles. The molecular formula is C17H30N2. The third-order valence-corrected chi connectivity index (χ3v) is 4.75. The Morgan fingerprint density at radius 3 is 2.63 bits per heavy atom. The Kier molecular flexibility index (Phi) is 5.23. The van der Waals surface area contributed by atoms with Gasteiger partial charge in [-0.3, -0.25) is 4.90 Å². The van der Waals surface area contributed by atoms with E-state index in [-0.39, 0.29) is 0 Å². The van der Waals surface area contributed by atoms with Gasteiger partial charge in [-0.15, -0.1) is 0 Å². The van der Waals surface area contributed by atoms with Crippen molar-refractivity contribution in [2.75, 3.05) is 13.1 Å². The van der Waals surface area contributed by atoms with Gasteiger partial charge in [0.1, 0.15) is 0 Å². The minimum atomic E-state index is 0.652. The monoisotopic (exact) mass is 262 g/mol. The molecule has 1 fully saturated rings. The van der Waals surface area contributed by atoms with Crippen molar-refractivity contribution in [3.63, 3.8) is 0 Å². The first kappa shape index (κ1) is 14.8. The molecule has 0 aromatic heterocycles. The van der Waals surface area contributed by atoms with Crippen LogP contribution in [0, 0.1) is 11.8 Å². The topological polar surface area (TPSA) is 15.3 Å². The van der Waals surface area contributed by atoms with E-state index < -0.39 is 0 Å². The number of hydrogen-bond acceptors (Lipinski definition) is 2. The zero-order valence-electron chi connectivity index (χ0n) is 13.0. The van der Waals surface area contributed by atoms with Crippen molar-refractivity contribution in [2.45, 2.75) is 58.7 Å². The first-order valence-electron chi connectivity index (χ1n) is 7.97. The van der Waals surface area contributed by atoms with Crippen LogP contribution < -0.4 is 5.32 Å². The summed E-state index contributed by atoms with van der Waals surface area (Å²) >= 11 is 0. The van der Waals surface area contributed by atoms with E-state index in [1.807, 2.05) is 0 Å². The van der Waals surface area contributed by atoms with E-state index in [9.17, 15) is 0 Å². The van der Waals surface area contributed by atoms with E-state index in [0.29, 0.717) is 30.0 Å². The molecule has 2 aliphatic rings. The maximum Gasteiger partial charge on any atom is 0.0181 e. The maximum atomic E-state index is 3.66. The fourth-order valence-corrected chi connectivity index (χ4v) is 3.72. The molecule has 0 radical (unpaired) electrons. The predicted molar refractivity (Wildman–Crippen MR) is 83.3 cm³/mol. The number of hydrogen-bond donors (Lipinski definition) is 1. The van der Waals surface area contributed by atoms with E-state index in [1.165, 1.54) is 19.4 Å². The summed E-state index contributed by atoms with van der Waals surface area (Å²) in [5.74, 6) is 1.34. The molecule has 1 aliphatic heterocycles. The van der Waals surface area contributed by atoms with Crippen LogP contribution in [0.4, 0.5) is 0 Å². The zero-order valence-corrected chi connectivity index (χ0v) is 13.0. The number of nitrogens with zero attached hydrogens (tertiary/aromatic N) is 1. The molecule has 2 unspecified atom stereocenters. The summed E-state index contributed by atoms with van der Waals surface area (Å²) < 4.78 is 0. The smallest absolute Gasteiger partial charge is 0.0181 e. The first-order chi connectivity index (χ1) is 9.13. The summed E-state index contributed by atoms with van der Waals surface area (Å²) in [5, 5.41) is 3.66. The van der Waals surface area contributed by atoms with Crippen LogP contribution in [0.5, 0.6) is 0 Å². The zero-order chi connectivity index (χ0) is 13.8. The largest absolute Gasteiger partial charge is 0.314 e. The van der Waals surface area contributed by atoms with Gasteiger partial charge in [0.15, 0.2) is 0 Å². The molecular weight excluding hydrogens is 232 g/mol. The summed E-state index contributed by atoms with van der Waals surface area (Å²) in [5.41, 5.74) is 0.